The molecule has 0 spiro atoms. The van der Waals surface area contributed by atoms with Crippen molar-refractivity contribution in [1.29, 1.82) is 0 Å². The molecule has 1 amide bonds. The van der Waals surface area contributed by atoms with Crippen LogP contribution in [0.1, 0.15) is 45.6 Å². The zero-order chi connectivity index (χ0) is 18.7. The molecule has 1 N–H and O–H groups in total. The van der Waals surface area contributed by atoms with Gasteiger partial charge in [-0.15, -0.1) is 0 Å². The summed E-state index contributed by atoms with van der Waals surface area (Å²) in [4.78, 5) is 31.8. The number of hydrogen-bond donors (Lipinski definition) is 1. The monoisotopic (exact) mass is 353 g/mol. The number of likely N-dealkylation sites (tertiary alicyclic amines) is 1. The lowest BCUT2D eigenvalue weighted by Crippen LogP contribution is -2.32. The van der Waals surface area contributed by atoms with E-state index in [1.165, 1.54) is 18.4 Å². The smallest absolute Gasteiger partial charge is 0.261 e. The molecule has 0 atom stereocenters. The lowest BCUT2D eigenvalue weighted by molar-refractivity contribution is 0.0782. The Kier molecular flexibility index (Phi) is 5.57. The third kappa shape index (κ3) is 4.05. The summed E-state index contributed by atoms with van der Waals surface area (Å²) in [5.41, 5.74) is 3.97. The van der Waals surface area contributed by atoms with Gasteiger partial charge in [-0.3, -0.25) is 14.5 Å². The first kappa shape index (κ1) is 18.4. The molecule has 26 heavy (non-hydrogen) atoms. The number of aryl methyl sites for hydroxylation is 2. The predicted molar refractivity (Wildman–Crippen MR) is 103 cm³/mol. The molecule has 1 aromatic carbocycles. The van der Waals surface area contributed by atoms with Gasteiger partial charge in [0.25, 0.3) is 11.5 Å². The lowest BCUT2D eigenvalue weighted by Gasteiger charge is -2.22. The Morgan fingerprint density at radius 2 is 1.81 bits per heavy atom. The van der Waals surface area contributed by atoms with E-state index in [-0.39, 0.29) is 17.0 Å². The molecular formula is C21H27N3O2. The largest absolute Gasteiger partial charge is 0.337 e. The van der Waals surface area contributed by atoms with Crippen molar-refractivity contribution in [3.05, 3.63) is 68.6 Å². The summed E-state index contributed by atoms with van der Waals surface area (Å²) in [6.45, 7) is 7.43. The number of pyridine rings is 1. The summed E-state index contributed by atoms with van der Waals surface area (Å²) in [5, 5.41) is 0. The van der Waals surface area contributed by atoms with Gasteiger partial charge in [0, 0.05) is 25.8 Å². The van der Waals surface area contributed by atoms with Crippen molar-refractivity contribution in [1.82, 2.24) is 14.8 Å². The fourth-order valence-electron chi connectivity index (χ4n) is 3.47. The molecule has 0 radical (unpaired) electrons. The number of nitrogens with one attached hydrogen (secondary N) is 1. The maximum absolute atomic E-state index is 12.8. The van der Waals surface area contributed by atoms with E-state index in [4.69, 9.17) is 0 Å². The van der Waals surface area contributed by atoms with Gasteiger partial charge in [0.1, 0.15) is 5.56 Å². The van der Waals surface area contributed by atoms with Gasteiger partial charge in [-0.05, 0) is 62.5 Å². The van der Waals surface area contributed by atoms with Crippen molar-refractivity contribution in [3.63, 3.8) is 0 Å². The Morgan fingerprint density at radius 1 is 1.15 bits per heavy atom. The van der Waals surface area contributed by atoms with Crippen LogP contribution in [-0.4, -0.2) is 40.8 Å². The molecule has 1 aliphatic heterocycles. The van der Waals surface area contributed by atoms with Crippen molar-refractivity contribution >= 4 is 5.91 Å². The molecule has 1 saturated heterocycles. The summed E-state index contributed by atoms with van der Waals surface area (Å²) in [5.74, 6) is -0.245. The van der Waals surface area contributed by atoms with Crippen LogP contribution in [0.5, 0.6) is 0 Å². The average molecular weight is 353 g/mol. The van der Waals surface area contributed by atoms with E-state index in [9.17, 15) is 9.59 Å². The van der Waals surface area contributed by atoms with Gasteiger partial charge in [-0.2, -0.15) is 0 Å². The minimum absolute atomic E-state index is 0.202. The highest BCUT2D eigenvalue weighted by Crippen LogP contribution is 2.18. The summed E-state index contributed by atoms with van der Waals surface area (Å²) >= 11 is 0. The Bertz CT molecular complexity index is 851. The Morgan fingerprint density at radius 3 is 2.50 bits per heavy atom. The van der Waals surface area contributed by atoms with Crippen LogP contribution in [-0.2, 0) is 13.1 Å². The van der Waals surface area contributed by atoms with Gasteiger partial charge >= 0.3 is 0 Å². The van der Waals surface area contributed by atoms with Crippen LogP contribution in [0.2, 0.25) is 0 Å². The van der Waals surface area contributed by atoms with Crippen molar-refractivity contribution in [2.75, 3.05) is 20.1 Å². The topological polar surface area (TPSA) is 56.4 Å². The highest BCUT2D eigenvalue weighted by Gasteiger charge is 2.19. The molecule has 2 aromatic rings. The number of aromatic nitrogens is 1. The molecular weight excluding hydrogens is 326 g/mol. The molecule has 3 rings (SSSR count). The minimum atomic E-state index is -0.324. The Labute approximate surface area is 154 Å². The van der Waals surface area contributed by atoms with Gasteiger partial charge in [0.2, 0.25) is 0 Å². The molecule has 1 aliphatic rings. The van der Waals surface area contributed by atoms with Gasteiger partial charge in [0.05, 0.1) is 0 Å². The van der Waals surface area contributed by atoms with E-state index in [0.717, 1.165) is 36.5 Å². The molecule has 1 aromatic heterocycles. The van der Waals surface area contributed by atoms with Gasteiger partial charge in [-0.25, -0.2) is 0 Å². The molecule has 138 valence electrons. The van der Waals surface area contributed by atoms with Gasteiger partial charge in [-0.1, -0.05) is 24.3 Å². The zero-order valence-corrected chi connectivity index (χ0v) is 15.8. The molecule has 5 heteroatoms. The fraction of sp³-hybridized carbons (Fsp3) is 0.429. The molecule has 2 heterocycles. The number of amides is 1. The average Bonchev–Trinajstić information content (AvgIpc) is 3.12. The van der Waals surface area contributed by atoms with Crippen LogP contribution in [0.3, 0.4) is 0 Å². The number of carbonyl (C=O) groups is 1. The summed E-state index contributed by atoms with van der Waals surface area (Å²) in [7, 11) is 1.75. The summed E-state index contributed by atoms with van der Waals surface area (Å²) in [6, 6.07) is 9.94. The predicted octanol–water partition coefficient (Wildman–Crippen LogP) is 2.86. The molecule has 0 saturated carbocycles. The third-order valence-electron chi connectivity index (χ3n) is 5.19. The van der Waals surface area contributed by atoms with Crippen molar-refractivity contribution in [3.8, 4) is 0 Å². The van der Waals surface area contributed by atoms with Crippen LogP contribution in [0, 0.1) is 13.8 Å². The molecule has 0 unspecified atom stereocenters. The number of H-pyrrole nitrogens is 1. The highest BCUT2D eigenvalue weighted by atomic mass is 16.2. The first-order valence-corrected chi connectivity index (χ1v) is 9.21. The SMILES string of the molecule is Cc1cc(C(=O)N(C)Cc2ccccc2CN2CCCC2)c(=O)[nH]c1C. The standard InChI is InChI=1S/C21H27N3O2/c1-15-12-19(20(25)22-16(15)2)21(26)23(3)13-17-8-4-5-9-18(17)14-24-10-6-7-11-24/h4-5,8-9,12H,6-7,10-11,13-14H2,1-3H3,(H,22,25). The van der Waals surface area contributed by atoms with E-state index >= 15 is 0 Å². The highest BCUT2D eigenvalue weighted by molar-refractivity contribution is 5.93. The maximum Gasteiger partial charge on any atom is 0.261 e. The summed E-state index contributed by atoms with van der Waals surface area (Å²) < 4.78 is 0. The third-order valence-corrected chi connectivity index (χ3v) is 5.19. The van der Waals surface area contributed by atoms with Crippen LogP contribution in [0.25, 0.3) is 0 Å². The van der Waals surface area contributed by atoms with Gasteiger partial charge in [0.15, 0.2) is 0 Å². The minimum Gasteiger partial charge on any atom is -0.337 e. The van der Waals surface area contributed by atoms with Gasteiger partial charge < -0.3 is 9.88 Å². The Hall–Kier alpha value is -2.40. The second-order valence-corrected chi connectivity index (χ2v) is 7.23. The molecule has 0 bridgehead atoms. The fourth-order valence-corrected chi connectivity index (χ4v) is 3.47. The lowest BCUT2D eigenvalue weighted by atomic mass is 10.1. The first-order valence-electron chi connectivity index (χ1n) is 9.21. The van der Waals surface area contributed by atoms with Crippen LogP contribution in [0.4, 0.5) is 0 Å². The van der Waals surface area contributed by atoms with Crippen molar-refractivity contribution in [2.45, 2.75) is 39.8 Å². The number of benzene rings is 1. The second kappa shape index (κ2) is 7.87. The van der Waals surface area contributed by atoms with Crippen LogP contribution >= 0.6 is 0 Å². The molecule has 5 nitrogen and oxygen atoms in total. The maximum atomic E-state index is 12.8. The normalized spacial score (nSPS) is 14.6. The molecule has 1 fully saturated rings. The van der Waals surface area contributed by atoms with Crippen LogP contribution < -0.4 is 5.56 Å². The summed E-state index contributed by atoms with van der Waals surface area (Å²) in [6.07, 6.45) is 2.52. The molecule has 0 aliphatic carbocycles. The van der Waals surface area contributed by atoms with Crippen molar-refractivity contribution in [2.24, 2.45) is 0 Å². The Balaban J connectivity index is 1.77. The number of aromatic amines is 1. The zero-order valence-electron chi connectivity index (χ0n) is 15.8. The van der Waals surface area contributed by atoms with E-state index in [2.05, 4.69) is 22.0 Å². The van der Waals surface area contributed by atoms with E-state index in [0.29, 0.717) is 6.54 Å². The first-order chi connectivity index (χ1) is 12.5. The number of hydrogen-bond acceptors (Lipinski definition) is 3. The van der Waals surface area contributed by atoms with Crippen LogP contribution in [0.15, 0.2) is 35.1 Å². The van der Waals surface area contributed by atoms with Crippen molar-refractivity contribution < 1.29 is 4.79 Å². The van der Waals surface area contributed by atoms with E-state index in [1.807, 2.05) is 26.0 Å². The number of nitrogens with zero attached hydrogens (tertiary/aromatic N) is 2. The number of carbonyl (C=O) groups excluding carboxylic acids is 1. The van der Waals surface area contributed by atoms with E-state index < -0.39 is 0 Å². The van der Waals surface area contributed by atoms with E-state index in [1.54, 1.807) is 18.0 Å². The quantitative estimate of drug-likeness (QED) is 0.899. The second-order valence-electron chi connectivity index (χ2n) is 7.23. The number of rotatable bonds is 5.